The highest BCUT2D eigenvalue weighted by Gasteiger charge is 2.11. The van der Waals surface area contributed by atoms with Gasteiger partial charge in [-0.1, -0.05) is 25.8 Å². The van der Waals surface area contributed by atoms with Crippen LogP contribution in [0.25, 0.3) is 0 Å². The molecule has 0 aromatic heterocycles. The van der Waals surface area contributed by atoms with Gasteiger partial charge in [0.25, 0.3) is 0 Å². The van der Waals surface area contributed by atoms with Gasteiger partial charge < -0.3 is 20.8 Å². The van der Waals surface area contributed by atoms with E-state index in [4.69, 9.17) is 0 Å². The van der Waals surface area contributed by atoms with Crippen molar-refractivity contribution in [3.05, 3.63) is 23.8 Å². The van der Waals surface area contributed by atoms with E-state index in [9.17, 15) is 15.0 Å². The average molecular weight is 280 g/mol. The van der Waals surface area contributed by atoms with Gasteiger partial charge in [-0.15, -0.1) is 0 Å². The van der Waals surface area contributed by atoms with Crippen molar-refractivity contribution >= 4 is 12.1 Å². The topological polar surface area (TPSA) is 81.6 Å². The van der Waals surface area contributed by atoms with Crippen molar-refractivity contribution < 1.29 is 15.0 Å². The van der Waals surface area contributed by atoms with Crippen molar-refractivity contribution in [2.75, 3.05) is 11.9 Å². The summed E-state index contributed by atoms with van der Waals surface area (Å²) in [5.41, 5.74) is 0.956. The summed E-state index contributed by atoms with van der Waals surface area (Å²) in [6.07, 6.45) is 3.23. The lowest BCUT2D eigenvalue weighted by atomic mass is 10.1. The van der Waals surface area contributed by atoms with Crippen LogP contribution in [0.5, 0.6) is 5.75 Å². The summed E-state index contributed by atoms with van der Waals surface area (Å²) < 4.78 is 0. The van der Waals surface area contributed by atoms with Gasteiger partial charge in [0, 0.05) is 12.6 Å². The summed E-state index contributed by atoms with van der Waals surface area (Å²) in [7, 11) is 0. The molecule has 0 aliphatic heterocycles. The van der Waals surface area contributed by atoms with Crippen LogP contribution in [-0.2, 0) is 4.79 Å². The number of unbranched alkanes of at least 4 members (excludes halogenated alkanes) is 1. The number of hydrogen-bond acceptors (Lipinski definition) is 4. The molecular weight excluding hydrogens is 256 g/mol. The summed E-state index contributed by atoms with van der Waals surface area (Å²) in [6, 6.07) is 5.04. The third kappa shape index (κ3) is 5.19. The third-order valence-electron chi connectivity index (χ3n) is 3.27. The molecule has 2 atom stereocenters. The largest absolute Gasteiger partial charge is 0.506 e. The van der Waals surface area contributed by atoms with Gasteiger partial charge in [-0.05, 0) is 31.0 Å². The number of aliphatic hydroxyl groups is 1. The zero-order valence-corrected chi connectivity index (χ0v) is 12.1. The molecule has 0 aliphatic rings. The molecule has 0 heterocycles. The number of aromatic hydroxyl groups is 1. The van der Waals surface area contributed by atoms with Crippen LogP contribution in [0.1, 0.15) is 44.8 Å². The number of carbonyl (C=O) groups excluding carboxylic acids is 1. The van der Waals surface area contributed by atoms with Crippen LogP contribution in [0.2, 0.25) is 0 Å². The van der Waals surface area contributed by atoms with Gasteiger partial charge in [0.05, 0.1) is 11.8 Å². The highest BCUT2D eigenvalue weighted by atomic mass is 16.3. The molecule has 0 fully saturated rings. The first-order valence-electron chi connectivity index (χ1n) is 7.03. The van der Waals surface area contributed by atoms with Gasteiger partial charge in [-0.25, -0.2) is 0 Å². The Morgan fingerprint density at radius 3 is 2.80 bits per heavy atom. The third-order valence-corrected chi connectivity index (χ3v) is 3.27. The quantitative estimate of drug-likeness (QED) is 0.413. The molecule has 0 radical (unpaired) electrons. The minimum atomic E-state index is -0.674. The molecule has 0 unspecified atom stereocenters. The zero-order valence-electron chi connectivity index (χ0n) is 12.1. The van der Waals surface area contributed by atoms with Crippen molar-refractivity contribution in [3.8, 4) is 5.75 Å². The number of phenols is 1. The Morgan fingerprint density at radius 2 is 2.15 bits per heavy atom. The fourth-order valence-corrected chi connectivity index (χ4v) is 1.98. The Bertz CT molecular complexity index is 424. The summed E-state index contributed by atoms with van der Waals surface area (Å²) in [6.45, 7) is 4.69. The Kier molecular flexibility index (Phi) is 7.04. The molecule has 5 nitrogen and oxygen atoms in total. The van der Waals surface area contributed by atoms with Crippen LogP contribution in [0.15, 0.2) is 18.2 Å². The van der Waals surface area contributed by atoms with E-state index in [1.165, 1.54) is 6.07 Å². The number of aliphatic hydroxyl groups excluding tert-OH is 1. The number of phenolic OH excluding ortho intramolecular Hbond substituents is 1. The Morgan fingerprint density at radius 1 is 1.40 bits per heavy atom. The van der Waals surface area contributed by atoms with E-state index < -0.39 is 6.10 Å². The fourth-order valence-electron chi connectivity index (χ4n) is 1.98. The molecule has 0 aliphatic carbocycles. The Labute approximate surface area is 120 Å². The predicted molar refractivity (Wildman–Crippen MR) is 79.7 cm³/mol. The number of benzene rings is 1. The molecule has 0 saturated heterocycles. The minimum Gasteiger partial charge on any atom is -0.506 e. The van der Waals surface area contributed by atoms with Gasteiger partial charge >= 0.3 is 0 Å². The molecule has 0 spiro atoms. The van der Waals surface area contributed by atoms with Gasteiger partial charge in [-0.2, -0.15) is 0 Å². The van der Waals surface area contributed by atoms with Gasteiger partial charge in [0.1, 0.15) is 5.75 Å². The lowest BCUT2D eigenvalue weighted by Gasteiger charge is -2.18. The molecule has 1 aromatic rings. The Hall–Kier alpha value is -1.59. The van der Waals surface area contributed by atoms with Gasteiger partial charge in [-0.3, -0.25) is 4.79 Å². The van der Waals surface area contributed by atoms with Crippen molar-refractivity contribution in [1.82, 2.24) is 5.32 Å². The zero-order chi connectivity index (χ0) is 15.0. The maximum atomic E-state index is 10.4. The number of nitrogens with one attached hydrogen (secondary N) is 2. The standard InChI is InChI=1S/C15H24N2O3/c1-3-4-5-11(2)16-9-15(20)12-6-7-14(19)13(8-12)17-10-18/h6-8,10-11,15-16,19-20H,3-5,9H2,1-2H3,(H,17,18)/t11-,15-/m0/s1. The second-order valence-electron chi connectivity index (χ2n) is 5.01. The molecule has 1 amide bonds. The number of carbonyl (C=O) groups is 1. The molecule has 1 aromatic carbocycles. The second kappa shape index (κ2) is 8.55. The maximum Gasteiger partial charge on any atom is 0.211 e. The van der Waals surface area contributed by atoms with Gasteiger partial charge in [0.2, 0.25) is 6.41 Å². The molecule has 0 saturated carbocycles. The number of hydrogen-bond donors (Lipinski definition) is 4. The highest BCUT2D eigenvalue weighted by Crippen LogP contribution is 2.26. The van der Waals surface area contributed by atoms with E-state index in [-0.39, 0.29) is 5.75 Å². The van der Waals surface area contributed by atoms with E-state index in [2.05, 4.69) is 24.5 Å². The maximum absolute atomic E-state index is 10.4. The number of anilines is 1. The van der Waals surface area contributed by atoms with E-state index >= 15 is 0 Å². The lowest BCUT2D eigenvalue weighted by molar-refractivity contribution is -0.105. The first kappa shape index (κ1) is 16.5. The summed E-state index contributed by atoms with van der Waals surface area (Å²) in [4.78, 5) is 10.4. The lowest BCUT2D eigenvalue weighted by Crippen LogP contribution is -2.30. The van der Waals surface area contributed by atoms with Crippen molar-refractivity contribution in [2.24, 2.45) is 0 Å². The summed E-state index contributed by atoms with van der Waals surface area (Å²) in [5.74, 6) is -0.0164. The van der Waals surface area contributed by atoms with Crippen LogP contribution in [-0.4, -0.2) is 29.2 Å². The second-order valence-corrected chi connectivity index (χ2v) is 5.01. The highest BCUT2D eigenvalue weighted by molar-refractivity contribution is 5.75. The monoisotopic (exact) mass is 280 g/mol. The van der Waals surface area contributed by atoms with Gasteiger partial charge in [0.15, 0.2) is 0 Å². The average Bonchev–Trinajstić information content (AvgIpc) is 2.45. The fraction of sp³-hybridized carbons (Fsp3) is 0.533. The van der Waals surface area contributed by atoms with Crippen LogP contribution >= 0.6 is 0 Å². The van der Waals surface area contributed by atoms with Crippen LogP contribution in [0.3, 0.4) is 0 Å². The van der Waals surface area contributed by atoms with E-state index in [1.54, 1.807) is 12.1 Å². The SMILES string of the molecule is CCCC[C@H](C)NC[C@H](O)c1ccc(O)c(NC=O)c1. The van der Waals surface area contributed by atoms with E-state index in [1.807, 2.05) is 0 Å². The van der Waals surface area contributed by atoms with Crippen molar-refractivity contribution in [2.45, 2.75) is 45.3 Å². The van der Waals surface area contributed by atoms with Crippen molar-refractivity contribution in [1.29, 1.82) is 0 Å². The number of amides is 1. The molecule has 0 bridgehead atoms. The normalized spacial score (nSPS) is 13.8. The van der Waals surface area contributed by atoms with E-state index in [0.717, 1.165) is 19.3 Å². The molecule has 4 N–H and O–H groups in total. The first-order valence-corrected chi connectivity index (χ1v) is 7.03. The molecule has 20 heavy (non-hydrogen) atoms. The van der Waals surface area contributed by atoms with Crippen molar-refractivity contribution in [3.63, 3.8) is 0 Å². The van der Waals surface area contributed by atoms with Crippen LogP contribution in [0.4, 0.5) is 5.69 Å². The van der Waals surface area contributed by atoms with Crippen LogP contribution < -0.4 is 10.6 Å². The molecule has 112 valence electrons. The molecule has 5 heteroatoms. The summed E-state index contributed by atoms with van der Waals surface area (Å²) >= 11 is 0. The van der Waals surface area contributed by atoms with E-state index in [0.29, 0.717) is 30.2 Å². The molecular formula is C15H24N2O3. The molecule has 1 rings (SSSR count). The smallest absolute Gasteiger partial charge is 0.211 e. The minimum absolute atomic E-state index is 0.0164. The van der Waals surface area contributed by atoms with Crippen LogP contribution in [0, 0.1) is 0 Å². The summed E-state index contributed by atoms with van der Waals surface area (Å²) in [5, 5.41) is 25.3. The predicted octanol–water partition coefficient (Wildman–Crippen LogP) is 2.16. The Balaban J connectivity index is 2.56. The number of rotatable bonds is 9. The first-order chi connectivity index (χ1) is 9.58.